The van der Waals surface area contributed by atoms with Crippen molar-refractivity contribution in [1.82, 2.24) is 19.9 Å². The number of rotatable bonds is 2. The minimum Gasteiger partial charge on any atom is -0.328 e. The first-order valence-electron chi connectivity index (χ1n) is 8.79. The Bertz CT molecular complexity index is 1460. The Hall–Kier alpha value is -4.00. The Morgan fingerprint density at radius 2 is 1.76 bits per heavy atom. The highest BCUT2D eigenvalue weighted by Crippen LogP contribution is 2.34. The van der Waals surface area contributed by atoms with Gasteiger partial charge in [-0.2, -0.15) is 0 Å². The number of hydrogen-bond acceptors (Lipinski definition) is 4. The molecule has 0 fully saturated rings. The average molecular weight is 386 g/mol. The molecular formula is C22H12F2N4O. The number of benzene rings is 1. The van der Waals surface area contributed by atoms with E-state index in [0.717, 1.165) is 23.6 Å². The van der Waals surface area contributed by atoms with Crippen LogP contribution in [0.25, 0.3) is 44.2 Å². The summed E-state index contributed by atoms with van der Waals surface area (Å²) in [6.45, 7) is 0. The molecule has 5 aromatic rings. The van der Waals surface area contributed by atoms with Crippen molar-refractivity contribution in [2.75, 3.05) is 0 Å². The Balaban J connectivity index is 1.89. The molecule has 1 N–H and O–H groups in total. The lowest BCUT2D eigenvalue weighted by Crippen LogP contribution is -2.06. The average Bonchev–Trinajstić information content (AvgIpc) is 2.75. The van der Waals surface area contributed by atoms with Gasteiger partial charge in [0.25, 0.3) is 5.56 Å². The maximum Gasteiger partial charge on any atom is 0.257 e. The predicted octanol–water partition coefficient (Wildman–Crippen LogP) is 4.48. The van der Waals surface area contributed by atoms with Gasteiger partial charge in [-0.25, -0.2) is 18.7 Å². The molecule has 29 heavy (non-hydrogen) atoms. The fraction of sp³-hybridized carbons (Fsp3) is 0. The van der Waals surface area contributed by atoms with Gasteiger partial charge in [0, 0.05) is 41.3 Å². The minimum absolute atomic E-state index is 0.0363. The highest BCUT2D eigenvalue weighted by atomic mass is 19.1. The van der Waals surface area contributed by atoms with E-state index in [2.05, 4.69) is 19.9 Å². The summed E-state index contributed by atoms with van der Waals surface area (Å²) >= 11 is 0. The van der Waals surface area contributed by atoms with E-state index in [-0.39, 0.29) is 16.8 Å². The molecule has 0 amide bonds. The minimum atomic E-state index is -0.587. The fourth-order valence-corrected chi connectivity index (χ4v) is 3.44. The first-order valence-corrected chi connectivity index (χ1v) is 8.79. The number of aromatic amines is 1. The number of H-pyrrole nitrogens is 1. The van der Waals surface area contributed by atoms with Gasteiger partial charge in [-0.1, -0.05) is 0 Å². The number of fused-ring (bicyclic) bond motifs is 2. The van der Waals surface area contributed by atoms with Crippen LogP contribution in [0.5, 0.6) is 0 Å². The molecule has 7 heteroatoms. The molecule has 0 aliphatic rings. The molecule has 1 aromatic carbocycles. The zero-order valence-electron chi connectivity index (χ0n) is 14.9. The van der Waals surface area contributed by atoms with Gasteiger partial charge in [-0.05, 0) is 53.4 Å². The SMILES string of the molecule is O=c1[nH]cc(-c2cc(-c3cc(F)ccc3F)nc3ncccc23)c2ccncc12. The summed E-state index contributed by atoms with van der Waals surface area (Å²) in [5.41, 5.74) is 1.81. The summed E-state index contributed by atoms with van der Waals surface area (Å²) in [5.74, 6) is -1.15. The van der Waals surface area contributed by atoms with Crippen molar-refractivity contribution in [2.24, 2.45) is 0 Å². The van der Waals surface area contributed by atoms with Crippen LogP contribution in [0.3, 0.4) is 0 Å². The van der Waals surface area contributed by atoms with Crippen LogP contribution in [-0.4, -0.2) is 19.9 Å². The topological polar surface area (TPSA) is 71.5 Å². The van der Waals surface area contributed by atoms with E-state index < -0.39 is 11.6 Å². The van der Waals surface area contributed by atoms with Gasteiger partial charge in [0.2, 0.25) is 0 Å². The Morgan fingerprint density at radius 3 is 2.66 bits per heavy atom. The normalized spacial score (nSPS) is 11.2. The van der Waals surface area contributed by atoms with E-state index in [9.17, 15) is 13.6 Å². The molecule has 0 atom stereocenters. The highest BCUT2D eigenvalue weighted by molar-refractivity contribution is 6.04. The lowest BCUT2D eigenvalue weighted by molar-refractivity contribution is 0.602. The maximum absolute atomic E-state index is 14.4. The second-order valence-electron chi connectivity index (χ2n) is 6.51. The molecule has 4 aromatic heterocycles. The molecule has 0 spiro atoms. The monoisotopic (exact) mass is 386 g/mol. The molecule has 5 nitrogen and oxygen atoms in total. The van der Waals surface area contributed by atoms with Crippen LogP contribution >= 0.6 is 0 Å². The van der Waals surface area contributed by atoms with E-state index in [1.165, 1.54) is 6.20 Å². The van der Waals surface area contributed by atoms with Gasteiger partial charge in [0.15, 0.2) is 5.65 Å². The summed E-state index contributed by atoms with van der Waals surface area (Å²) in [6.07, 6.45) is 6.27. The third-order valence-electron chi connectivity index (χ3n) is 4.78. The second kappa shape index (κ2) is 6.56. The third-order valence-corrected chi connectivity index (χ3v) is 4.78. The van der Waals surface area contributed by atoms with Crippen molar-refractivity contribution in [1.29, 1.82) is 0 Å². The molecule has 140 valence electrons. The van der Waals surface area contributed by atoms with Crippen LogP contribution in [0.15, 0.2) is 72.0 Å². The number of aromatic nitrogens is 4. The van der Waals surface area contributed by atoms with Gasteiger partial charge in [0.1, 0.15) is 11.6 Å². The van der Waals surface area contributed by atoms with Crippen molar-refractivity contribution >= 4 is 21.8 Å². The van der Waals surface area contributed by atoms with Crippen molar-refractivity contribution in [3.8, 4) is 22.4 Å². The van der Waals surface area contributed by atoms with E-state index >= 15 is 0 Å². The first kappa shape index (κ1) is 17.1. The summed E-state index contributed by atoms with van der Waals surface area (Å²) in [6, 6.07) is 10.3. The van der Waals surface area contributed by atoms with Crippen molar-refractivity contribution in [2.45, 2.75) is 0 Å². The Kier molecular flexibility index (Phi) is 3.87. The van der Waals surface area contributed by atoms with Crippen LogP contribution < -0.4 is 5.56 Å². The van der Waals surface area contributed by atoms with Crippen LogP contribution in [0, 0.1) is 11.6 Å². The molecule has 0 aliphatic heterocycles. The molecule has 0 radical (unpaired) electrons. The standard InChI is InChI=1S/C22H12F2N4O/c23-12-3-4-19(24)16(8-12)20-9-15(14-2-1-6-26-21(14)28-20)17-11-27-22(29)18-10-25-7-5-13(17)18/h1-11H,(H,27,29). The van der Waals surface area contributed by atoms with E-state index in [1.54, 1.807) is 36.8 Å². The van der Waals surface area contributed by atoms with Gasteiger partial charge < -0.3 is 4.98 Å². The Morgan fingerprint density at radius 1 is 0.862 bits per heavy atom. The maximum atomic E-state index is 14.4. The smallest absolute Gasteiger partial charge is 0.257 e. The summed E-state index contributed by atoms with van der Waals surface area (Å²) in [5, 5.41) is 1.83. The molecule has 0 bridgehead atoms. The summed E-state index contributed by atoms with van der Waals surface area (Å²) in [4.78, 5) is 27.6. The fourth-order valence-electron chi connectivity index (χ4n) is 3.44. The van der Waals surface area contributed by atoms with Crippen LogP contribution in [0.2, 0.25) is 0 Å². The zero-order valence-corrected chi connectivity index (χ0v) is 14.9. The largest absolute Gasteiger partial charge is 0.328 e. The van der Waals surface area contributed by atoms with Gasteiger partial charge in [-0.3, -0.25) is 9.78 Å². The molecule has 0 saturated heterocycles. The van der Waals surface area contributed by atoms with Gasteiger partial charge in [0.05, 0.1) is 11.1 Å². The van der Waals surface area contributed by atoms with Crippen molar-refractivity contribution in [3.05, 3.63) is 89.2 Å². The first-order chi connectivity index (χ1) is 14.1. The van der Waals surface area contributed by atoms with E-state index in [1.807, 2.05) is 6.07 Å². The van der Waals surface area contributed by atoms with Crippen LogP contribution in [0.4, 0.5) is 8.78 Å². The summed E-state index contributed by atoms with van der Waals surface area (Å²) < 4.78 is 28.2. The molecular weight excluding hydrogens is 374 g/mol. The number of pyridine rings is 4. The van der Waals surface area contributed by atoms with Crippen LogP contribution in [0.1, 0.15) is 0 Å². The molecule has 0 aliphatic carbocycles. The summed E-state index contributed by atoms with van der Waals surface area (Å²) in [7, 11) is 0. The molecule has 0 saturated carbocycles. The van der Waals surface area contributed by atoms with Crippen molar-refractivity contribution < 1.29 is 8.78 Å². The van der Waals surface area contributed by atoms with E-state index in [0.29, 0.717) is 27.5 Å². The van der Waals surface area contributed by atoms with Crippen LogP contribution in [-0.2, 0) is 0 Å². The number of nitrogens with one attached hydrogen (secondary N) is 1. The number of nitrogens with zero attached hydrogens (tertiary/aromatic N) is 3. The third kappa shape index (κ3) is 2.84. The molecule has 4 heterocycles. The van der Waals surface area contributed by atoms with Gasteiger partial charge in [-0.15, -0.1) is 0 Å². The molecule has 5 rings (SSSR count). The predicted molar refractivity (Wildman–Crippen MR) is 106 cm³/mol. The zero-order chi connectivity index (χ0) is 20.0. The second-order valence-corrected chi connectivity index (χ2v) is 6.51. The lowest BCUT2D eigenvalue weighted by atomic mass is 9.97. The number of halogens is 2. The number of hydrogen-bond donors (Lipinski definition) is 1. The highest BCUT2D eigenvalue weighted by Gasteiger charge is 2.16. The molecule has 0 unspecified atom stereocenters. The van der Waals surface area contributed by atoms with Gasteiger partial charge >= 0.3 is 0 Å². The van der Waals surface area contributed by atoms with E-state index in [4.69, 9.17) is 0 Å². The quantitative estimate of drug-likeness (QED) is 0.486. The Labute approximate surface area is 162 Å². The van der Waals surface area contributed by atoms with Crippen molar-refractivity contribution in [3.63, 3.8) is 0 Å². The lowest BCUT2D eigenvalue weighted by Gasteiger charge is -2.12.